The summed E-state index contributed by atoms with van der Waals surface area (Å²) < 4.78 is 3.46. The molecular weight excluding hydrogens is 420 g/mol. The van der Waals surface area contributed by atoms with Crippen molar-refractivity contribution in [2.24, 2.45) is 7.05 Å². The predicted molar refractivity (Wildman–Crippen MR) is 125 cm³/mol. The summed E-state index contributed by atoms with van der Waals surface area (Å²) in [5.74, 6) is -0.147. The van der Waals surface area contributed by atoms with Gasteiger partial charge >= 0.3 is 0 Å². The molecule has 0 aliphatic carbocycles. The molecule has 168 valence electrons. The largest absolute Gasteiger partial charge is 0.373 e. The minimum atomic E-state index is -0.490. The number of benzene rings is 2. The van der Waals surface area contributed by atoms with E-state index in [2.05, 4.69) is 15.4 Å². The van der Waals surface area contributed by atoms with Crippen molar-refractivity contribution in [2.45, 2.75) is 26.8 Å². The van der Waals surface area contributed by atoms with E-state index in [1.54, 1.807) is 29.9 Å². The summed E-state index contributed by atoms with van der Waals surface area (Å²) in [6, 6.07) is 14.1. The van der Waals surface area contributed by atoms with E-state index < -0.39 is 4.92 Å². The topological polar surface area (TPSA) is 108 Å². The van der Waals surface area contributed by atoms with Crippen LogP contribution >= 0.6 is 0 Å². The van der Waals surface area contributed by atoms with Gasteiger partial charge in [-0.05, 0) is 56.7 Å². The molecule has 4 rings (SSSR count). The number of carbonyl (C=O) groups is 1. The van der Waals surface area contributed by atoms with Gasteiger partial charge in [-0.2, -0.15) is 5.10 Å². The zero-order valence-corrected chi connectivity index (χ0v) is 18.8. The van der Waals surface area contributed by atoms with E-state index in [9.17, 15) is 14.9 Å². The van der Waals surface area contributed by atoms with Gasteiger partial charge in [-0.1, -0.05) is 12.1 Å². The molecule has 0 saturated carbocycles. The molecule has 0 aliphatic heterocycles. The second-order valence-corrected chi connectivity index (χ2v) is 7.98. The van der Waals surface area contributed by atoms with Crippen LogP contribution in [-0.2, 0) is 7.05 Å². The molecule has 9 heteroatoms. The summed E-state index contributed by atoms with van der Waals surface area (Å²) in [7, 11) is 1.70. The number of imidazole rings is 1. The predicted octanol–water partition coefficient (Wildman–Crippen LogP) is 4.53. The summed E-state index contributed by atoms with van der Waals surface area (Å²) in [5.41, 5.74) is 4.28. The lowest BCUT2D eigenvalue weighted by atomic mass is 10.1. The number of aromatic nitrogens is 4. The standard InChI is InChI=1S/C24H24N6O3/c1-15-13-16(2)29(27-15)20-8-5-18(6-9-20)17(3)26-21-10-7-19(14-22(21)30(32)33)23(31)24-25-11-12-28(24)4/h5-14,17,26H,1-4H3. The van der Waals surface area contributed by atoms with Gasteiger partial charge in [0.1, 0.15) is 5.69 Å². The number of hydrogen-bond donors (Lipinski definition) is 1. The van der Waals surface area contributed by atoms with Crippen LogP contribution in [0.3, 0.4) is 0 Å². The van der Waals surface area contributed by atoms with Crippen LogP contribution in [0.1, 0.15) is 46.1 Å². The van der Waals surface area contributed by atoms with Gasteiger partial charge in [-0.25, -0.2) is 9.67 Å². The van der Waals surface area contributed by atoms with Gasteiger partial charge < -0.3 is 9.88 Å². The van der Waals surface area contributed by atoms with Crippen LogP contribution in [-0.4, -0.2) is 30.0 Å². The number of hydrogen-bond acceptors (Lipinski definition) is 6. The second-order valence-electron chi connectivity index (χ2n) is 7.98. The first-order valence-corrected chi connectivity index (χ1v) is 10.4. The number of nitro groups is 1. The maximum Gasteiger partial charge on any atom is 0.293 e. The van der Waals surface area contributed by atoms with E-state index >= 15 is 0 Å². The zero-order chi connectivity index (χ0) is 23.7. The quantitative estimate of drug-likeness (QED) is 0.255. The number of rotatable bonds is 7. The van der Waals surface area contributed by atoms with Crippen molar-refractivity contribution in [3.8, 4) is 5.69 Å². The van der Waals surface area contributed by atoms with Crippen molar-refractivity contribution in [3.05, 3.63) is 99.4 Å². The lowest BCUT2D eigenvalue weighted by Crippen LogP contribution is -2.11. The average molecular weight is 444 g/mol. The maximum atomic E-state index is 12.7. The third-order valence-electron chi connectivity index (χ3n) is 5.50. The third-order valence-corrected chi connectivity index (χ3v) is 5.50. The van der Waals surface area contributed by atoms with E-state index in [0.29, 0.717) is 5.69 Å². The van der Waals surface area contributed by atoms with Crippen LogP contribution in [0.5, 0.6) is 0 Å². The Morgan fingerprint density at radius 1 is 1.12 bits per heavy atom. The summed E-state index contributed by atoms with van der Waals surface area (Å²) in [5, 5.41) is 19.4. The highest BCUT2D eigenvalue weighted by Crippen LogP contribution is 2.30. The van der Waals surface area contributed by atoms with Gasteiger partial charge in [0.05, 0.1) is 16.3 Å². The minimum absolute atomic E-state index is 0.166. The van der Waals surface area contributed by atoms with Crippen molar-refractivity contribution in [3.63, 3.8) is 0 Å². The second kappa shape index (κ2) is 8.70. The van der Waals surface area contributed by atoms with Crippen LogP contribution in [0.25, 0.3) is 5.69 Å². The third kappa shape index (κ3) is 4.38. The van der Waals surface area contributed by atoms with Crippen LogP contribution < -0.4 is 5.32 Å². The number of carbonyl (C=O) groups excluding carboxylic acids is 1. The molecule has 0 radical (unpaired) electrons. The number of nitrogens with one attached hydrogen (secondary N) is 1. The fourth-order valence-electron chi connectivity index (χ4n) is 3.77. The molecule has 2 heterocycles. The molecule has 0 amide bonds. The fraction of sp³-hybridized carbons (Fsp3) is 0.208. The number of nitrogens with zero attached hydrogens (tertiary/aromatic N) is 5. The lowest BCUT2D eigenvalue weighted by molar-refractivity contribution is -0.384. The van der Waals surface area contributed by atoms with Crippen LogP contribution in [0.15, 0.2) is 60.9 Å². The normalized spacial score (nSPS) is 11.9. The Morgan fingerprint density at radius 3 is 2.42 bits per heavy atom. The highest BCUT2D eigenvalue weighted by molar-refractivity contribution is 6.07. The zero-order valence-electron chi connectivity index (χ0n) is 18.8. The smallest absolute Gasteiger partial charge is 0.293 e. The maximum absolute atomic E-state index is 12.7. The molecular formula is C24H24N6O3. The van der Waals surface area contributed by atoms with E-state index in [4.69, 9.17) is 0 Å². The number of nitro benzene ring substituents is 1. The summed E-state index contributed by atoms with van der Waals surface area (Å²) in [6.45, 7) is 5.88. The van der Waals surface area contributed by atoms with E-state index in [1.807, 2.05) is 55.8 Å². The minimum Gasteiger partial charge on any atom is -0.373 e. The summed E-state index contributed by atoms with van der Waals surface area (Å²) in [6.07, 6.45) is 3.17. The van der Waals surface area contributed by atoms with Crippen molar-refractivity contribution < 1.29 is 9.72 Å². The van der Waals surface area contributed by atoms with Gasteiger partial charge in [0.2, 0.25) is 5.78 Å². The van der Waals surface area contributed by atoms with Gasteiger partial charge in [0.15, 0.2) is 5.82 Å². The monoisotopic (exact) mass is 444 g/mol. The van der Waals surface area contributed by atoms with Gasteiger partial charge in [-0.3, -0.25) is 14.9 Å². The first-order valence-electron chi connectivity index (χ1n) is 10.4. The molecule has 9 nitrogen and oxygen atoms in total. The Hall–Kier alpha value is -4.27. The van der Waals surface area contributed by atoms with Crippen molar-refractivity contribution in [2.75, 3.05) is 5.32 Å². The van der Waals surface area contributed by atoms with Crippen LogP contribution in [0.4, 0.5) is 11.4 Å². The molecule has 33 heavy (non-hydrogen) atoms. The van der Waals surface area contributed by atoms with E-state index in [0.717, 1.165) is 22.6 Å². The molecule has 2 aromatic heterocycles. The Kier molecular flexibility index (Phi) is 5.78. The Bertz CT molecular complexity index is 1340. The molecule has 1 unspecified atom stereocenters. The molecule has 0 fully saturated rings. The highest BCUT2D eigenvalue weighted by Gasteiger charge is 2.21. The summed E-state index contributed by atoms with van der Waals surface area (Å²) >= 11 is 0. The lowest BCUT2D eigenvalue weighted by Gasteiger charge is -2.17. The highest BCUT2D eigenvalue weighted by atomic mass is 16.6. The number of anilines is 1. The Balaban J connectivity index is 1.56. The fourth-order valence-corrected chi connectivity index (χ4v) is 3.77. The number of ketones is 1. The molecule has 1 atom stereocenters. The molecule has 0 saturated heterocycles. The van der Waals surface area contributed by atoms with Crippen molar-refractivity contribution in [1.82, 2.24) is 19.3 Å². The Morgan fingerprint density at radius 2 is 1.85 bits per heavy atom. The molecule has 0 aliphatic rings. The SMILES string of the molecule is Cc1cc(C)n(-c2ccc(C(C)Nc3ccc(C(=O)c4nccn4C)cc3[N+](=O)[O-])cc2)n1. The van der Waals surface area contributed by atoms with Crippen LogP contribution in [0.2, 0.25) is 0 Å². The first kappa shape index (κ1) is 21.9. The molecule has 0 bridgehead atoms. The molecule has 1 N–H and O–H groups in total. The van der Waals surface area contributed by atoms with Gasteiger partial charge in [0.25, 0.3) is 5.69 Å². The Labute approximate surface area is 190 Å². The first-order chi connectivity index (χ1) is 15.7. The van der Waals surface area contributed by atoms with Crippen molar-refractivity contribution in [1.29, 1.82) is 0 Å². The molecule has 0 spiro atoms. The average Bonchev–Trinajstić information content (AvgIpc) is 3.37. The summed E-state index contributed by atoms with van der Waals surface area (Å²) in [4.78, 5) is 28.0. The van der Waals surface area contributed by atoms with E-state index in [-0.39, 0.29) is 28.9 Å². The number of aryl methyl sites for hydroxylation is 3. The van der Waals surface area contributed by atoms with Gasteiger partial charge in [0, 0.05) is 42.8 Å². The molecule has 2 aromatic carbocycles. The van der Waals surface area contributed by atoms with Crippen molar-refractivity contribution >= 4 is 17.2 Å². The van der Waals surface area contributed by atoms with Crippen LogP contribution in [0, 0.1) is 24.0 Å². The van der Waals surface area contributed by atoms with Gasteiger partial charge in [-0.15, -0.1) is 0 Å². The van der Waals surface area contributed by atoms with E-state index in [1.165, 1.54) is 12.3 Å². The molecule has 4 aromatic rings.